The topological polar surface area (TPSA) is 204 Å². The number of carbonyl (C=O) groups excluding carboxylic acids is 2. The van der Waals surface area contributed by atoms with E-state index in [9.17, 15) is 30.0 Å². The van der Waals surface area contributed by atoms with Crippen LogP contribution in [0.3, 0.4) is 0 Å². The van der Waals surface area contributed by atoms with Gasteiger partial charge in [0.2, 0.25) is 0 Å². The van der Waals surface area contributed by atoms with Gasteiger partial charge in [0.05, 0.1) is 25.3 Å². The lowest BCUT2D eigenvalue weighted by molar-refractivity contribution is -0.114. The van der Waals surface area contributed by atoms with Gasteiger partial charge in [-0.25, -0.2) is 0 Å². The van der Waals surface area contributed by atoms with Crippen LogP contribution in [0.1, 0.15) is 119 Å². The predicted molar refractivity (Wildman–Crippen MR) is 255 cm³/mol. The van der Waals surface area contributed by atoms with Crippen molar-refractivity contribution in [1.82, 2.24) is 10.3 Å². The van der Waals surface area contributed by atoms with Crippen molar-refractivity contribution in [3.05, 3.63) is 159 Å². The molecule has 1 aliphatic rings. The number of ketones is 2. The molecule has 342 valence electrons. The van der Waals surface area contributed by atoms with Gasteiger partial charge in [-0.3, -0.25) is 9.59 Å². The number of aromatic nitrogens is 1. The van der Waals surface area contributed by atoms with E-state index in [0.29, 0.717) is 72.6 Å². The van der Waals surface area contributed by atoms with Crippen molar-refractivity contribution in [2.24, 2.45) is 17.4 Å². The Morgan fingerprint density at radius 2 is 1.71 bits per heavy atom. The van der Waals surface area contributed by atoms with Crippen LogP contribution in [0.2, 0.25) is 0 Å². The summed E-state index contributed by atoms with van der Waals surface area (Å²) in [6, 6.07) is 26.2. The third kappa shape index (κ3) is 13.8. The Morgan fingerprint density at radius 1 is 0.938 bits per heavy atom. The zero-order valence-electron chi connectivity index (χ0n) is 37.6. The van der Waals surface area contributed by atoms with Crippen molar-refractivity contribution in [2.45, 2.75) is 102 Å². The molecular weight excluding hydrogens is 817 g/mol. The smallest absolute Gasteiger partial charge is 0.165 e. The largest absolute Gasteiger partial charge is 0.508 e. The molecule has 0 bridgehead atoms. The van der Waals surface area contributed by atoms with Crippen molar-refractivity contribution in [3.8, 4) is 29.1 Å². The number of aliphatic hydroxyl groups is 2. The molecule has 4 aromatic carbocycles. The number of hydrogen-bond acceptors (Lipinski definition) is 10. The lowest BCUT2D eigenvalue weighted by atomic mass is 9.81. The Hall–Kier alpha value is -6.00. The van der Waals surface area contributed by atoms with Gasteiger partial charge in [0, 0.05) is 73.0 Å². The minimum absolute atomic E-state index is 0.00305. The summed E-state index contributed by atoms with van der Waals surface area (Å²) >= 11 is 0. The van der Waals surface area contributed by atoms with Gasteiger partial charge in [0.15, 0.2) is 23.1 Å². The predicted octanol–water partition coefficient (Wildman–Crippen LogP) is 7.26. The summed E-state index contributed by atoms with van der Waals surface area (Å²) in [6.45, 7) is 4.83. The number of phenols is 2. The highest BCUT2D eigenvalue weighted by Crippen LogP contribution is 2.38. The van der Waals surface area contributed by atoms with Crippen LogP contribution in [0.5, 0.6) is 17.2 Å². The molecule has 0 saturated heterocycles. The molecular formula is C54H64N4O7. The van der Waals surface area contributed by atoms with Crippen molar-refractivity contribution < 1.29 is 34.8 Å². The fourth-order valence-corrected chi connectivity index (χ4v) is 8.54. The second kappa shape index (κ2) is 23.8. The molecule has 6 rings (SSSR count). The number of aromatic hydroxyl groups is 2. The SMILES string of the molecule is CC(O)CNC(Cc1ccccc1CCO)C(C)CCCC=CC(=O)CCc1ccc(O)c(OCCc2ccc(O)c(C3CC(=O)c4cc[nH]c4CC#Cc4cc(C(N)N)ccc43)c2)c1. The summed E-state index contributed by atoms with van der Waals surface area (Å²) in [5.74, 6) is 6.60. The Balaban J connectivity index is 1.02. The number of nitrogens with two attached hydrogens (primary N) is 2. The van der Waals surface area contributed by atoms with Gasteiger partial charge in [-0.1, -0.05) is 79.4 Å². The zero-order valence-corrected chi connectivity index (χ0v) is 37.6. The van der Waals surface area contributed by atoms with E-state index in [0.717, 1.165) is 53.6 Å². The van der Waals surface area contributed by atoms with E-state index >= 15 is 0 Å². The van der Waals surface area contributed by atoms with Crippen molar-refractivity contribution in [3.63, 3.8) is 0 Å². The number of nitrogens with one attached hydrogen (secondary N) is 2. The number of rotatable bonds is 22. The van der Waals surface area contributed by atoms with Gasteiger partial charge in [0.1, 0.15) is 5.75 Å². The first-order valence-corrected chi connectivity index (χ1v) is 22.8. The fraction of sp³-hybridized carbons (Fsp3) is 0.370. The number of hydrogen-bond donors (Lipinski definition) is 8. The van der Waals surface area contributed by atoms with Crippen LogP contribution in [0.25, 0.3) is 0 Å². The monoisotopic (exact) mass is 880 g/mol. The Labute approximate surface area is 383 Å². The zero-order chi connectivity index (χ0) is 46.3. The minimum atomic E-state index is -0.699. The minimum Gasteiger partial charge on any atom is -0.508 e. The number of allylic oxidation sites excluding steroid dienone is 2. The summed E-state index contributed by atoms with van der Waals surface area (Å²) in [4.78, 5) is 29.8. The molecule has 10 N–H and O–H groups in total. The van der Waals surface area contributed by atoms with Crippen LogP contribution >= 0.6 is 0 Å². The Kier molecular flexibility index (Phi) is 17.7. The first kappa shape index (κ1) is 48.5. The van der Waals surface area contributed by atoms with E-state index in [1.165, 1.54) is 5.56 Å². The summed E-state index contributed by atoms with van der Waals surface area (Å²) in [5.41, 5.74) is 20.2. The van der Waals surface area contributed by atoms with Gasteiger partial charge in [-0.05, 0) is 121 Å². The Bertz CT molecular complexity index is 2480. The highest BCUT2D eigenvalue weighted by Gasteiger charge is 2.27. The molecule has 11 heteroatoms. The normalized spacial score (nSPS) is 15.2. The second-order valence-electron chi connectivity index (χ2n) is 17.3. The van der Waals surface area contributed by atoms with Crippen LogP contribution in [0.4, 0.5) is 0 Å². The maximum absolute atomic E-state index is 13.8. The van der Waals surface area contributed by atoms with Gasteiger partial charge < -0.3 is 46.9 Å². The molecule has 0 fully saturated rings. The number of ether oxygens (including phenoxy) is 1. The lowest BCUT2D eigenvalue weighted by Crippen LogP contribution is -2.40. The average molecular weight is 881 g/mol. The molecule has 65 heavy (non-hydrogen) atoms. The standard InChI is InChI=1S/C54H64N4O7/c1-35(49(58-34-36(2)60)32-40-11-7-6-10-39(40)24-27-59)9-4-3-5-13-43(61)19-15-37-17-22-51(63)53(30-37)65-28-25-38-16-21-50(62)47(29-38)46-33-52(64)45-23-26-57-48(45)14-8-12-41-31-42(54(55)56)18-20-44(41)46/h5-7,10-11,13,16-18,20-23,26,29-31,35-36,46,49,54,57-60,62-63H,3-4,9,14-15,19,24-25,27-28,32-34,55-56H2,1-2H3. The molecule has 1 aromatic heterocycles. The number of fused-ring (bicyclic) bond motifs is 2. The maximum atomic E-state index is 13.8. The quantitative estimate of drug-likeness (QED) is 0.0151. The van der Waals surface area contributed by atoms with Crippen LogP contribution in [0.15, 0.2) is 103 Å². The molecule has 0 radical (unpaired) electrons. The highest BCUT2D eigenvalue weighted by atomic mass is 16.5. The number of Topliss-reactive ketones (excluding diaryl/α,β-unsaturated/α-hetero) is 1. The molecule has 0 amide bonds. The van der Waals surface area contributed by atoms with Crippen LogP contribution in [-0.4, -0.2) is 68.9 Å². The number of aliphatic hydroxyl groups excluding tert-OH is 2. The number of carbonyl (C=O) groups is 2. The maximum Gasteiger partial charge on any atom is 0.165 e. The van der Waals surface area contributed by atoms with Crippen LogP contribution < -0.4 is 21.5 Å². The summed E-state index contributed by atoms with van der Waals surface area (Å²) in [6.07, 6.45) is 10.0. The van der Waals surface area contributed by atoms with Crippen molar-refractivity contribution in [2.75, 3.05) is 19.8 Å². The number of aryl methyl sites for hydroxylation is 1. The van der Waals surface area contributed by atoms with Gasteiger partial charge in [-0.2, -0.15) is 0 Å². The number of unbranched alkanes of at least 4 members (excludes halogenated alkanes) is 1. The van der Waals surface area contributed by atoms with Crippen molar-refractivity contribution in [1.29, 1.82) is 0 Å². The molecule has 11 nitrogen and oxygen atoms in total. The van der Waals surface area contributed by atoms with Gasteiger partial charge >= 0.3 is 0 Å². The molecule has 1 heterocycles. The third-order valence-electron chi connectivity index (χ3n) is 12.3. The fourth-order valence-electron chi connectivity index (χ4n) is 8.54. The lowest BCUT2D eigenvalue weighted by Gasteiger charge is -2.27. The molecule has 0 spiro atoms. The molecule has 0 saturated carbocycles. The van der Waals surface area contributed by atoms with E-state index in [1.807, 2.05) is 48.5 Å². The molecule has 1 aliphatic carbocycles. The number of phenolic OH excluding ortho intramolecular Hbond substituents is 2. The summed E-state index contributed by atoms with van der Waals surface area (Å²) in [5, 5.41) is 45.0. The van der Waals surface area contributed by atoms with Crippen LogP contribution in [-0.2, 0) is 36.9 Å². The Morgan fingerprint density at radius 3 is 2.48 bits per heavy atom. The highest BCUT2D eigenvalue weighted by molar-refractivity contribution is 5.98. The number of benzene rings is 4. The molecule has 5 aromatic rings. The average Bonchev–Trinajstić information content (AvgIpc) is 3.77. The van der Waals surface area contributed by atoms with E-state index in [2.05, 4.69) is 41.2 Å². The van der Waals surface area contributed by atoms with E-state index < -0.39 is 18.2 Å². The van der Waals surface area contributed by atoms with E-state index in [-0.39, 0.29) is 48.7 Å². The van der Waals surface area contributed by atoms with E-state index in [4.69, 9.17) is 16.2 Å². The molecule has 4 unspecified atom stereocenters. The molecule has 4 atom stereocenters. The second-order valence-corrected chi connectivity index (χ2v) is 17.3. The third-order valence-corrected chi connectivity index (χ3v) is 12.3. The van der Waals surface area contributed by atoms with Gasteiger partial charge in [-0.15, -0.1) is 0 Å². The van der Waals surface area contributed by atoms with Gasteiger partial charge in [0.25, 0.3) is 0 Å². The first-order valence-electron chi connectivity index (χ1n) is 22.8. The first-order chi connectivity index (χ1) is 31.4. The van der Waals surface area contributed by atoms with E-state index in [1.54, 1.807) is 49.5 Å². The number of aromatic amines is 1. The summed E-state index contributed by atoms with van der Waals surface area (Å²) in [7, 11) is 0. The number of H-pyrrole nitrogens is 1. The summed E-state index contributed by atoms with van der Waals surface area (Å²) < 4.78 is 6.08. The van der Waals surface area contributed by atoms with Crippen LogP contribution in [0, 0.1) is 17.8 Å². The molecule has 0 aliphatic heterocycles. The van der Waals surface area contributed by atoms with Crippen molar-refractivity contribution >= 4 is 11.6 Å².